The molecule has 0 radical (unpaired) electrons. The number of hydrogen-bond donors (Lipinski definition) is 2. The molecule has 0 aliphatic carbocycles. The zero-order valence-electron chi connectivity index (χ0n) is 9.30. The number of rotatable bonds is 6. The number of methoxy groups -OCH3 is 1. The van der Waals surface area contributed by atoms with Crippen LogP contribution in [0.5, 0.6) is 0 Å². The van der Waals surface area contributed by atoms with Gasteiger partial charge in [-0.1, -0.05) is 18.1 Å². The maximum absolute atomic E-state index is 11.4. The van der Waals surface area contributed by atoms with Crippen molar-refractivity contribution < 1.29 is 17.3 Å². The second-order valence-corrected chi connectivity index (χ2v) is 4.20. The van der Waals surface area contributed by atoms with Gasteiger partial charge in [-0.3, -0.25) is 9.17 Å². The fraction of sp³-hybridized carbons (Fsp3) is 0.375. The molecule has 0 amide bonds. The summed E-state index contributed by atoms with van der Waals surface area (Å²) in [5.74, 6) is -0.594. The first-order valence-corrected chi connectivity index (χ1v) is 5.94. The minimum Gasteiger partial charge on any atom is -0.382 e. The van der Waals surface area contributed by atoms with Crippen LogP contribution >= 0.6 is 0 Å². The fourth-order valence-corrected chi connectivity index (χ4v) is 1.61. The van der Waals surface area contributed by atoms with Gasteiger partial charge in [-0.2, -0.15) is 13.1 Å². The molecule has 96 valence electrons. The average Bonchev–Trinajstić information content (AvgIpc) is 2.70. The van der Waals surface area contributed by atoms with Crippen LogP contribution in [-0.2, 0) is 19.2 Å². The van der Waals surface area contributed by atoms with Gasteiger partial charge in [0.05, 0.1) is 13.2 Å². The molecule has 1 aromatic rings. The summed E-state index contributed by atoms with van der Waals surface area (Å²) in [5.41, 5.74) is 0. The van der Waals surface area contributed by atoms with Gasteiger partial charge in [0.25, 0.3) is 11.6 Å². The molecule has 0 bridgehead atoms. The molecule has 0 fully saturated rings. The zero-order chi connectivity index (χ0) is 13.6. The molecular weight excluding hydrogens is 262 g/mol. The first-order valence-electron chi connectivity index (χ1n) is 4.53. The Morgan fingerprint density at radius 3 is 2.61 bits per heavy atom. The lowest BCUT2D eigenvalue weighted by Gasteiger charge is -2.02. The van der Waals surface area contributed by atoms with Crippen LogP contribution in [0.1, 0.15) is 0 Å². The highest BCUT2D eigenvalue weighted by atomic mass is 32.2. The molecule has 0 spiro atoms. The van der Waals surface area contributed by atoms with Crippen molar-refractivity contribution in [1.29, 1.82) is 0 Å². The number of aromatic amines is 1. The zero-order valence-corrected chi connectivity index (χ0v) is 10.1. The van der Waals surface area contributed by atoms with Gasteiger partial charge in [0, 0.05) is 7.11 Å². The van der Waals surface area contributed by atoms with E-state index in [1.165, 1.54) is 7.11 Å². The number of nitrogens with zero attached hydrogens (tertiary/aromatic N) is 3. The average molecular weight is 271 g/mol. The Hall–Kier alpha value is -2.14. The van der Waals surface area contributed by atoms with E-state index in [2.05, 4.69) is 28.6 Å². The summed E-state index contributed by atoms with van der Waals surface area (Å²) in [6, 6.07) is 0. The first kappa shape index (κ1) is 13.9. The predicted octanol–water partition coefficient (Wildman–Crippen LogP) is 0.831. The molecule has 1 rings (SSSR count). The monoisotopic (exact) mass is 271 g/mol. The van der Waals surface area contributed by atoms with E-state index in [1.807, 2.05) is 4.72 Å². The Bertz CT molecular complexity index is 562. The van der Waals surface area contributed by atoms with E-state index >= 15 is 0 Å². The van der Waals surface area contributed by atoms with Crippen LogP contribution in [0.3, 0.4) is 0 Å². The van der Waals surface area contributed by atoms with Crippen LogP contribution in [-0.4, -0.2) is 38.7 Å². The SMILES string of the molecule is [C-]#[N+]c1nc(NS(=O)(=O)OCCOC)[nH]c1[N+]#[C-]. The minimum atomic E-state index is -4.06. The molecule has 0 aromatic carbocycles. The third-order valence-electron chi connectivity index (χ3n) is 1.63. The lowest BCUT2D eigenvalue weighted by atomic mass is 10.7. The quantitative estimate of drug-likeness (QED) is 0.589. The van der Waals surface area contributed by atoms with Gasteiger partial charge in [-0.25, -0.2) is 0 Å². The second kappa shape index (κ2) is 5.97. The van der Waals surface area contributed by atoms with Crippen molar-refractivity contribution in [2.24, 2.45) is 0 Å². The van der Waals surface area contributed by atoms with E-state index in [0.717, 1.165) is 0 Å². The summed E-state index contributed by atoms with van der Waals surface area (Å²) in [5, 5.41) is 0. The Labute approximate surface area is 104 Å². The van der Waals surface area contributed by atoms with Gasteiger partial charge in [0.1, 0.15) is 0 Å². The van der Waals surface area contributed by atoms with E-state index < -0.39 is 10.3 Å². The van der Waals surface area contributed by atoms with Crippen LogP contribution in [0, 0.1) is 13.1 Å². The number of aromatic nitrogens is 2. The van der Waals surface area contributed by atoms with Crippen LogP contribution < -0.4 is 4.72 Å². The van der Waals surface area contributed by atoms with E-state index in [0.29, 0.717) is 0 Å². The van der Waals surface area contributed by atoms with Crippen molar-refractivity contribution in [2.75, 3.05) is 25.0 Å². The largest absolute Gasteiger partial charge is 0.384 e. The number of H-pyrrole nitrogens is 1. The van der Waals surface area contributed by atoms with Crippen molar-refractivity contribution >= 4 is 27.9 Å². The number of imidazole rings is 1. The maximum atomic E-state index is 11.4. The van der Waals surface area contributed by atoms with Gasteiger partial charge in [0.15, 0.2) is 0 Å². The van der Waals surface area contributed by atoms with Crippen molar-refractivity contribution in [3.8, 4) is 0 Å². The molecule has 9 nitrogen and oxygen atoms in total. The van der Waals surface area contributed by atoms with E-state index in [-0.39, 0.29) is 30.8 Å². The molecule has 0 saturated heterocycles. The Morgan fingerprint density at radius 2 is 2.11 bits per heavy atom. The Morgan fingerprint density at radius 1 is 1.39 bits per heavy atom. The topological polar surface area (TPSA) is 102 Å². The summed E-state index contributed by atoms with van der Waals surface area (Å²) >= 11 is 0. The van der Waals surface area contributed by atoms with Gasteiger partial charge < -0.3 is 14.4 Å². The third-order valence-corrected chi connectivity index (χ3v) is 2.55. The third kappa shape index (κ3) is 3.71. The minimum absolute atomic E-state index is 0.111. The molecule has 0 atom stereocenters. The number of nitrogens with one attached hydrogen (secondary N) is 2. The van der Waals surface area contributed by atoms with Crippen LogP contribution in [0.2, 0.25) is 0 Å². The standard InChI is InChI=1S/C8H9N5O4S/c1-9-6-7(10-2)12-8(11-6)13-18(14,15)17-5-4-16-3/h4-5H2,3H3,(H2,11,12,13). The van der Waals surface area contributed by atoms with Gasteiger partial charge in [-0.15, -0.1) is 0 Å². The summed E-state index contributed by atoms with van der Waals surface area (Å²) in [4.78, 5) is 11.9. The Balaban J connectivity index is 2.76. The highest BCUT2D eigenvalue weighted by molar-refractivity contribution is 7.88. The first-order chi connectivity index (χ1) is 8.52. The fourth-order valence-electron chi connectivity index (χ4n) is 0.934. The van der Waals surface area contributed by atoms with Gasteiger partial charge in [0.2, 0.25) is 0 Å². The number of ether oxygens (including phenoxy) is 1. The van der Waals surface area contributed by atoms with Crippen molar-refractivity contribution in [3.63, 3.8) is 0 Å². The Kier molecular flexibility index (Phi) is 4.62. The molecule has 0 saturated carbocycles. The molecule has 10 heteroatoms. The van der Waals surface area contributed by atoms with E-state index in [4.69, 9.17) is 13.1 Å². The molecule has 0 aliphatic rings. The molecule has 1 aromatic heterocycles. The van der Waals surface area contributed by atoms with Gasteiger partial charge in [-0.05, 0) is 0 Å². The van der Waals surface area contributed by atoms with E-state index in [1.54, 1.807) is 0 Å². The highest BCUT2D eigenvalue weighted by Crippen LogP contribution is 2.26. The summed E-state index contributed by atoms with van der Waals surface area (Å²) in [7, 11) is -2.65. The molecule has 0 aliphatic heterocycles. The van der Waals surface area contributed by atoms with E-state index in [9.17, 15) is 8.42 Å². The summed E-state index contributed by atoms with van der Waals surface area (Å²) in [6.07, 6.45) is 0. The lowest BCUT2D eigenvalue weighted by molar-refractivity contribution is 0.149. The molecular formula is C8H9N5O4S. The van der Waals surface area contributed by atoms with Crippen LogP contribution in [0.25, 0.3) is 9.69 Å². The van der Waals surface area contributed by atoms with Crippen molar-refractivity contribution in [1.82, 2.24) is 9.97 Å². The molecule has 18 heavy (non-hydrogen) atoms. The van der Waals surface area contributed by atoms with Crippen LogP contribution in [0.15, 0.2) is 0 Å². The predicted molar refractivity (Wildman–Crippen MR) is 61.5 cm³/mol. The number of hydrogen-bond acceptors (Lipinski definition) is 5. The maximum Gasteiger partial charge on any atom is 0.384 e. The smallest absolute Gasteiger partial charge is 0.382 e. The van der Waals surface area contributed by atoms with Crippen molar-refractivity contribution in [3.05, 3.63) is 22.8 Å². The number of anilines is 1. The normalized spacial score (nSPS) is 10.6. The summed E-state index contributed by atoms with van der Waals surface area (Å²) in [6.45, 7) is 13.5. The molecule has 2 N–H and O–H groups in total. The summed E-state index contributed by atoms with van der Waals surface area (Å²) < 4.78 is 33.8. The van der Waals surface area contributed by atoms with Crippen molar-refractivity contribution in [2.45, 2.75) is 0 Å². The molecule has 0 unspecified atom stereocenters. The highest BCUT2D eigenvalue weighted by Gasteiger charge is 2.20. The molecule has 1 heterocycles. The lowest BCUT2D eigenvalue weighted by Crippen LogP contribution is -2.19. The van der Waals surface area contributed by atoms with Crippen LogP contribution in [0.4, 0.5) is 17.6 Å². The second-order valence-electron chi connectivity index (χ2n) is 2.85. The van der Waals surface area contributed by atoms with Gasteiger partial charge >= 0.3 is 16.3 Å².